The molecule has 148 valence electrons. The molecular formula is C22H21N3O3S. The maximum atomic E-state index is 13.2. The molecule has 3 aromatic rings. The summed E-state index contributed by atoms with van der Waals surface area (Å²) in [5.41, 5.74) is 2.92. The second-order valence-corrected chi connectivity index (χ2v) is 8.81. The largest absolute Gasteiger partial charge is 0.307 e. The van der Waals surface area contributed by atoms with E-state index in [0.29, 0.717) is 17.9 Å². The fraction of sp³-hybridized carbons (Fsp3) is 0.182. The van der Waals surface area contributed by atoms with Crippen LogP contribution in [0.1, 0.15) is 28.0 Å². The smallest absolute Gasteiger partial charge is 0.264 e. The monoisotopic (exact) mass is 407 g/mol. The van der Waals surface area contributed by atoms with Crippen molar-refractivity contribution in [2.45, 2.75) is 24.7 Å². The molecule has 0 fully saturated rings. The van der Waals surface area contributed by atoms with Gasteiger partial charge in [0.25, 0.3) is 15.9 Å². The number of hydrogen-bond acceptors (Lipinski definition) is 4. The van der Waals surface area contributed by atoms with E-state index in [0.717, 1.165) is 29.8 Å². The third-order valence-corrected chi connectivity index (χ3v) is 6.73. The number of aromatic nitrogens is 1. The number of pyridine rings is 1. The predicted octanol–water partition coefficient (Wildman–Crippen LogP) is 3.78. The van der Waals surface area contributed by atoms with Gasteiger partial charge < -0.3 is 5.32 Å². The first-order valence-electron chi connectivity index (χ1n) is 9.41. The number of carbonyl (C=O) groups excluding carboxylic acids is 1. The Morgan fingerprint density at radius 3 is 2.52 bits per heavy atom. The fourth-order valence-electron chi connectivity index (χ4n) is 3.46. The zero-order valence-corrected chi connectivity index (χ0v) is 16.8. The summed E-state index contributed by atoms with van der Waals surface area (Å²) in [5, 5.41) is 2.72. The van der Waals surface area contributed by atoms with E-state index in [9.17, 15) is 13.2 Å². The minimum Gasteiger partial charge on any atom is -0.307 e. The minimum atomic E-state index is -3.69. The quantitative estimate of drug-likeness (QED) is 0.714. The van der Waals surface area contributed by atoms with E-state index in [4.69, 9.17) is 0 Å². The van der Waals surface area contributed by atoms with Crippen LogP contribution in [0, 0.1) is 6.92 Å². The Balaban J connectivity index is 1.57. The molecule has 0 aliphatic carbocycles. The number of nitrogens with one attached hydrogen (secondary N) is 1. The van der Waals surface area contributed by atoms with Crippen LogP contribution < -0.4 is 9.62 Å². The Labute approximate surface area is 170 Å². The van der Waals surface area contributed by atoms with Crippen LogP contribution in [0.5, 0.6) is 0 Å². The van der Waals surface area contributed by atoms with Gasteiger partial charge in [-0.05, 0) is 67.8 Å². The summed E-state index contributed by atoms with van der Waals surface area (Å²) in [5.74, 6) is 0.118. The average Bonchev–Trinajstić information content (AvgIpc) is 2.73. The maximum Gasteiger partial charge on any atom is 0.264 e. The van der Waals surface area contributed by atoms with Gasteiger partial charge in [-0.25, -0.2) is 13.4 Å². The van der Waals surface area contributed by atoms with E-state index in [1.165, 1.54) is 28.6 Å². The Kier molecular flexibility index (Phi) is 5.07. The number of para-hydroxylation sites is 1. The van der Waals surface area contributed by atoms with Crippen molar-refractivity contribution in [2.24, 2.45) is 0 Å². The second kappa shape index (κ2) is 7.67. The molecule has 0 saturated heterocycles. The van der Waals surface area contributed by atoms with Crippen molar-refractivity contribution in [2.75, 3.05) is 16.2 Å². The highest BCUT2D eigenvalue weighted by Gasteiger charge is 2.28. The van der Waals surface area contributed by atoms with Crippen LogP contribution in [0.3, 0.4) is 0 Å². The Bertz CT molecular complexity index is 1160. The zero-order valence-electron chi connectivity index (χ0n) is 16.0. The number of aryl methyl sites for hydroxylation is 2. The number of amides is 1. The molecule has 0 saturated carbocycles. The lowest BCUT2D eigenvalue weighted by molar-refractivity contribution is 0.102. The third kappa shape index (κ3) is 3.86. The molecule has 0 bridgehead atoms. The standard InChI is InChI=1S/C22H21N3O3S/c1-16-6-4-10-21(23-16)24-22(26)18-11-13-19(14-12-18)29(27,28)25-15-5-8-17-7-2-3-9-20(17)25/h2-4,6-7,9-14H,5,8,15H2,1H3,(H,23,24,26). The summed E-state index contributed by atoms with van der Waals surface area (Å²) >= 11 is 0. The van der Waals surface area contributed by atoms with Gasteiger partial charge in [-0.3, -0.25) is 9.10 Å². The summed E-state index contributed by atoms with van der Waals surface area (Å²) in [6.45, 7) is 2.29. The Morgan fingerprint density at radius 1 is 1.00 bits per heavy atom. The highest BCUT2D eigenvalue weighted by molar-refractivity contribution is 7.92. The first-order valence-corrected chi connectivity index (χ1v) is 10.8. The zero-order chi connectivity index (χ0) is 20.4. The Morgan fingerprint density at radius 2 is 1.76 bits per heavy atom. The molecule has 2 heterocycles. The van der Waals surface area contributed by atoms with Gasteiger partial charge in [0.05, 0.1) is 10.6 Å². The lowest BCUT2D eigenvalue weighted by Gasteiger charge is -2.30. The first kappa shape index (κ1) is 19.1. The van der Waals surface area contributed by atoms with E-state index in [1.807, 2.05) is 43.3 Å². The molecule has 0 spiro atoms. The molecule has 1 amide bonds. The van der Waals surface area contributed by atoms with E-state index in [1.54, 1.807) is 6.07 Å². The topological polar surface area (TPSA) is 79.4 Å². The Hall–Kier alpha value is -3.19. The van der Waals surface area contributed by atoms with Crippen molar-refractivity contribution < 1.29 is 13.2 Å². The maximum absolute atomic E-state index is 13.2. The number of anilines is 2. The molecule has 4 rings (SSSR count). The predicted molar refractivity (Wildman–Crippen MR) is 113 cm³/mol. The van der Waals surface area contributed by atoms with Crippen molar-refractivity contribution in [1.29, 1.82) is 0 Å². The molecule has 0 unspecified atom stereocenters. The van der Waals surface area contributed by atoms with Crippen LogP contribution in [-0.2, 0) is 16.4 Å². The van der Waals surface area contributed by atoms with Crippen LogP contribution >= 0.6 is 0 Å². The van der Waals surface area contributed by atoms with Crippen LogP contribution in [-0.4, -0.2) is 25.9 Å². The van der Waals surface area contributed by atoms with E-state index in [2.05, 4.69) is 10.3 Å². The molecule has 0 atom stereocenters. The van der Waals surface area contributed by atoms with Crippen LogP contribution in [0.2, 0.25) is 0 Å². The van der Waals surface area contributed by atoms with Crippen LogP contribution in [0.25, 0.3) is 0 Å². The summed E-state index contributed by atoms with van der Waals surface area (Å²) in [7, 11) is -3.69. The SMILES string of the molecule is Cc1cccc(NC(=O)c2ccc(S(=O)(=O)N3CCCc4ccccc43)cc2)n1. The van der Waals surface area contributed by atoms with Crippen molar-refractivity contribution in [3.8, 4) is 0 Å². The summed E-state index contributed by atoms with van der Waals surface area (Å²) in [6.07, 6.45) is 1.65. The van der Waals surface area contributed by atoms with Gasteiger partial charge in [0.1, 0.15) is 5.82 Å². The van der Waals surface area contributed by atoms with E-state index < -0.39 is 10.0 Å². The number of sulfonamides is 1. The lowest BCUT2D eigenvalue weighted by Crippen LogP contribution is -2.35. The summed E-state index contributed by atoms with van der Waals surface area (Å²) in [6, 6.07) is 18.9. The number of rotatable bonds is 4. The number of fused-ring (bicyclic) bond motifs is 1. The van der Waals surface area contributed by atoms with Gasteiger partial charge >= 0.3 is 0 Å². The molecule has 7 heteroatoms. The molecule has 0 radical (unpaired) electrons. The number of benzene rings is 2. The lowest BCUT2D eigenvalue weighted by atomic mass is 10.0. The number of hydrogen-bond donors (Lipinski definition) is 1. The van der Waals surface area contributed by atoms with Crippen molar-refractivity contribution in [3.05, 3.63) is 83.6 Å². The summed E-state index contributed by atoms with van der Waals surface area (Å²) in [4.78, 5) is 16.9. The highest BCUT2D eigenvalue weighted by atomic mass is 32.2. The van der Waals surface area contributed by atoms with Gasteiger partial charge in [-0.2, -0.15) is 0 Å². The molecule has 1 N–H and O–H groups in total. The molecule has 1 aromatic heterocycles. The highest BCUT2D eigenvalue weighted by Crippen LogP contribution is 2.31. The van der Waals surface area contributed by atoms with Crippen molar-refractivity contribution in [3.63, 3.8) is 0 Å². The fourth-order valence-corrected chi connectivity index (χ4v) is 5.00. The van der Waals surface area contributed by atoms with Gasteiger partial charge in [-0.1, -0.05) is 24.3 Å². The molecule has 1 aliphatic rings. The molecular weight excluding hydrogens is 386 g/mol. The van der Waals surface area contributed by atoms with Crippen LogP contribution in [0.15, 0.2) is 71.6 Å². The van der Waals surface area contributed by atoms with Crippen LogP contribution in [0.4, 0.5) is 11.5 Å². The van der Waals surface area contributed by atoms with Gasteiger partial charge in [-0.15, -0.1) is 0 Å². The normalized spacial score (nSPS) is 13.6. The summed E-state index contributed by atoms with van der Waals surface area (Å²) < 4.78 is 27.8. The molecule has 2 aromatic carbocycles. The van der Waals surface area contributed by atoms with Gasteiger partial charge in [0.15, 0.2) is 0 Å². The third-order valence-electron chi connectivity index (χ3n) is 4.90. The molecule has 1 aliphatic heterocycles. The van der Waals surface area contributed by atoms with E-state index >= 15 is 0 Å². The minimum absolute atomic E-state index is 0.166. The van der Waals surface area contributed by atoms with Gasteiger partial charge in [0, 0.05) is 17.8 Å². The number of nitrogens with zero attached hydrogens (tertiary/aromatic N) is 2. The van der Waals surface area contributed by atoms with E-state index in [-0.39, 0.29) is 10.8 Å². The van der Waals surface area contributed by atoms with Crippen molar-refractivity contribution in [1.82, 2.24) is 4.98 Å². The first-order chi connectivity index (χ1) is 13.9. The van der Waals surface area contributed by atoms with Gasteiger partial charge in [0.2, 0.25) is 0 Å². The molecule has 6 nitrogen and oxygen atoms in total. The second-order valence-electron chi connectivity index (χ2n) is 6.95. The average molecular weight is 407 g/mol. The van der Waals surface area contributed by atoms with Crippen molar-refractivity contribution >= 4 is 27.4 Å². The number of carbonyl (C=O) groups is 1. The molecule has 29 heavy (non-hydrogen) atoms.